The highest BCUT2D eigenvalue weighted by Gasteiger charge is 2.31. The Labute approximate surface area is 124 Å². The molecular formula is C14H14BrN3O2. The van der Waals surface area contributed by atoms with Crippen molar-refractivity contribution in [1.29, 1.82) is 0 Å². The molecule has 1 aromatic carbocycles. The highest BCUT2D eigenvalue weighted by Crippen LogP contribution is 2.34. The van der Waals surface area contributed by atoms with Crippen LogP contribution in [-0.4, -0.2) is 21.0 Å². The van der Waals surface area contributed by atoms with E-state index >= 15 is 0 Å². The standard InChI is InChI=1S/C14H14BrN3O2/c1-18-14(20)12(15)10(7-16-18)17-13-9-5-3-2-4-8(9)6-11(13)19/h2-5,7,11,13,17,19H,6H2,1H3/t11-,13+/m1/s1. The number of aryl methyl sites for hydroxylation is 1. The van der Waals surface area contributed by atoms with E-state index in [1.807, 2.05) is 24.3 Å². The van der Waals surface area contributed by atoms with Crippen LogP contribution in [0.3, 0.4) is 0 Å². The predicted molar refractivity (Wildman–Crippen MR) is 79.7 cm³/mol. The first-order chi connectivity index (χ1) is 9.58. The van der Waals surface area contributed by atoms with E-state index in [4.69, 9.17) is 0 Å². The molecule has 0 spiro atoms. The number of benzene rings is 1. The van der Waals surface area contributed by atoms with Crippen molar-refractivity contribution in [3.63, 3.8) is 0 Å². The molecule has 0 radical (unpaired) electrons. The maximum atomic E-state index is 11.8. The largest absolute Gasteiger partial charge is 0.390 e. The van der Waals surface area contributed by atoms with Crippen LogP contribution in [0.2, 0.25) is 0 Å². The van der Waals surface area contributed by atoms with E-state index in [1.165, 1.54) is 4.68 Å². The normalized spacial score (nSPS) is 20.8. The Balaban J connectivity index is 1.96. The van der Waals surface area contributed by atoms with Gasteiger partial charge < -0.3 is 10.4 Å². The van der Waals surface area contributed by atoms with Crippen molar-refractivity contribution in [1.82, 2.24) is 9.78 Å². The van der Waals surface area contributed by atoms with Gasteiger partial charge in [-0.3, -0.25) is 4.79 Å². The van der Waals surface area contributed by atoms with Crippen molar-refractivity contribution in [2.45, 2.75) is 18.6 Å². The number of halogens is 1. The fourth-order valence-electron chi connectivity index (χ4n) is 2.53. The topological polar surface area (TPSA) is 67.2 Å². The van der Waals surface area contributed by atoms with Gasteiger partial charge in [-0.25, -0.2) is 4.68 Å². The Morgan fingerprint density at radius 2 is 2.20 bits per heavy atom. The summed E-state index contributed by atoms with van der Waals surface area (Å²) in [6.07, 6.45) is 1.69. The van der Waals surface area contributed by atoms with E-state index in [-0.39, 0.29) is 11.6 Å². The molecule has 6 heteroatoms. The molecule has 1 aliphatic rings. The van der Waals surface area contributed by atoms with Crippen LogP contribution < -0.4 is 10.9 Å². The third-order valence-corrected chi connectivity index (χ3v) is 4.36. The van der Waals surface area contributed by atoms with Gasteiger partial charge in [-0.1, -0.05) is 24.3 Å². The molecule has 104 valence electrons. The molecule has 0 aliphatic heterocycles. The van der Waals surface area contributed by atoms with Gasteiger partial charge in [0, 0.05) is 13.5 Å². The molecule has 3 rings (SSSR count). The highest BCUT2D eigenvalue weighted by molar-refractivity contribution is 9.10. The number of rotatable bonds is 2. The number of nitrogens with zero attached hydrogens (tertiary/aromatic N) is 2. The van der Waals surface area contributed by atoms with Crippen LogP contribution in [0, 0.1) is 0 Å². The second-order valence-electron chi connectivity index (χ2n) is 4.89. The quantitative estimate of drug-likeness (QED) is 0.875. The van der Waals surface area contributed by atoms with Crippen LogP contribution in [0.1, 0.15) is 17.2 Å². The Morgan fingerprint density at radius 3 is 3.00 bits per heavy atom. The summed E-state index contributed by atoms with van der Waals surface area (Å²) in [5, 5.41) is 17.4. The molecule has 0 fully saturated rings. The number of aliphatic hydroxyl groups excluding tert-OH is 1. The fourth-order valence-corrected chi connectivity index (χ4v) is 3.00. The maximum absolute atomic E-state index is 11.8. The highest BCUT2D eigenvalue weighted by atomic mass is 79.9. The number of anilines is 1. The molecule has 2 aromatic rings. The molecule has 0 bridgehead atoms. The summed E-state index contributed by atoms with van der Waals surface area (Å²) in [7, 11) is 1.59. The lowest BCUT2D eigenvalue weighted by Crippen LogP contribution is -2.25. The van der Waals surface area contributed by atoms with E-state index in [0.717, 1.165) is 11.1 Å². The molecule has 5 nitrogen and oxygen atoms in total. The zero-order valence-electron chi connectivity index (χ0n) is 10.9. The molecule has 1 aromatic heterocycles. The minimum atomic E-state index is -0.511. The minimum Gasteiger partial charge on any atom is -0.390 e. The first-order valence-corrected chi connectivity index (χ1v) is 7.11. The second kappa shape index (κ2) is 5.03. The van der Waals surface area contributed by atoms with Crippen LogP contribution in [0.25, 0.3) is 0 Å². The lowest BCUT2D eigenvalue weighted by Gasteiger charge is -2.19. The van der Waals surface area contributed by atoms with E-state index in [2.05, 4.69) is 26.3 Å². The lowest BCUT2D eigenvalue weighted by atomic mass is 10.1. The van der Waals surface area contributed by atoms with Crippen molar-refractivity contribution in [2.75, 3.05) is 5.32 Å². The summed E-state index contributed by atoms with van der Waals surface area (Å²) in [5.74, 6) is 0. The van der Waals surface area contributed by atoms with Gasteiger partial charge >= 0.3 is 0 Å². The van der Waals surface area contributed by atoms with Gasteiger partial charge in [0.25, 0.3) is 5.56 Å². The molecule has 0 unspecified atom stereocenters. The van der Waals surface area contributed by atoms with Crippen molar-refractivity contribution in [2.24, 2.45) is 7.05 Å². The average Bonchev–Trinajstić information content (AvgIpc) is 2.76. The van der Waals surface area contributed by atoms with Crippen molar-refractivity contribution in [3.05, 3.63) is 56.4 Å². The number of aliphatic hydroxyl groups is 1. The number of hydrogen-bond donors (Lipinski definition) is 2. The number of nitrogens with one attached hydrogen (secondary N) is 1. The summed E-state index contributed by atoms with van der Waals surface area (Å²) in [6, 6.07) is 7.69. The average molecular weight is 336 g/mol. The number of aromatic nitrogens is 2. The zero-order chi connectivity index (χ0) is 14.3. The van der Waals surface area contributed by atoms with Crippen LogP contribution >= 0.6 is 15.9 Å². The summed E-state index contributed by atoms with van der Waals surface area (Å²) in [5.41, 5.74) is 2.57. The fraction of sp³-hybridized carbons (Fsp3) is 0.286. The Morgan fingerprint density at radius 1 is 1.45 bits per heavy atom. The van der Waals surface area contributed by atoms with Gasteiger partial charge in [0.1, 0.15) is 4.47 Å². The molecule has 1 aliphatic carbocycles. The monoisotopic (exact) mass is 335 g/mol. The van der Waals surface area contributed by atoms with Crippen molar-refractivity contribution >= 4 is 21.6 Å². The molecule has 2 N–H and O–H groups in total. The summed E-state index contributed by atoms with van der Waals surface area (Å²) < 4.78 is 1.68. The molecule has 2 atom stereocenters. The van der Waals surface area contributed by atoms with E-state index in [0.29, 0.717) is 16.6 Å². The molecular weight excluding hydrogens is 322 g/mol. The van der Waals surface area contributed by atoms with E-state index < -0.39 is 6.10 Å². The van der Waals surface area contributed by atoms with E-state index in [9.17, 15) is 9.90 Å². The lowest BCUT2D eigenvalue weighted by molar-refractivity contribution is 0.166. The summed E-state index contributed by atoms with van der Waals surface area (Å²) >= 11 is 3.28. The van der Waals surface area contributed by atoms with Gasteiger partial charge in [0.2, 0.25) is 0 Å². The molecule has 0 saturated heterocycles. The third-order valence-electron chi connectivity index (χ3n) is 3.59. The first kappa shape index (κ1) is 13.3. The molecule has 0 amide bonds. The maximum Gasteiger partial charge on any atom is 0.282 e. The smallest absolute Gasteiger partial charge is 0.282 e. The molecule has 20 heavy (non-hydrogen) atoms. The minimum absolute atomic E-state index is 0.212. The van der Waals surface area contributed by atoms with Crippen LogP contribution in [0.4, 0.5) is 5.69 Å². The van der Waals surface area contributed by atoms with Gasteiger partial charge in [-0.15, -0.1) is 0 Å². The summed E-state index contributed by atoms with van der Waals surface area (Å²) in [6.45, 7) is 0. The molecule has 1 heterocycles. The Hall–Kier alpha value is -1.66. The van der Waals surface area contributed by atoms with Crippen LogP contribution in [0.15, 0.2) is 39.7 Å². The van der Waals surface area contributed by atoms with Gasteiger partial charge in [-0.05, 0) is 27.1 Å². The van der Waals surface area contributed by atoms with Gasteiger partial charge in [0.05, 0.1) is 24.0 Å². The van der Waals surface area contributed by atoms with Gasteiger partial charge in [-0.2, -0.15) is 5.10 Å². The predicted octanol–water partition coefficient (Wildman–Crippen LogP) is 1.61. The van der Waals surface area contributed by atoms with Crippen LogP contribution in [-0.2, 0) is 13.5 Å². The SMILES string of the molecule is Cn1ncc(N[C@H]2c3ccccc3C[C@H]2O)c(Br)c1=O. The Bertz CT molecular complexity index is 714. The van der Waals surface area contributed by atoms with Crippen molar-refractivity contribution < 1.29 is 5.11 Å². The zero-order valence-corrected chi connectivity index (χ0v) is 12.5. The first-order valence-electron chi connectivity index (χ1n) is 6.32. The third kappa shape index (κ3) is 2.14. The van der Waals surface area contributed by atoms with E-state index in [1.54, 1.807) is 13.2 Å². The Kier molecular flexibility index (Phi) is 3.35. The molecule has 0 saturated carbocycles. The van der Waals surface area contributed by atoms with Gasteiger partial charge in [0.15, 0.2) is 0 Å². The number of fused-ring (bicyclic) bond motifs is 1. The number of hydrogen-bond acceptors (Lipinski definition) is 4. The summed E-state index contributed by atoms with van der Waals surface area (Å²) in [4.78, 5) is 11.8. The second-order valence-corrected chi connectivity index (χ2v) is 5.69. The van der Waals surface area contributed by atoms with Crippen molar-refractivity contribution in [3.8, 4) is 0 Å². The van der Waals surface area contributed by atoms with Crippen LogP contribution in [0.5, 0.6) is 0 Å².